The SMILES string of the molecule is CC(CO)OC(C)n1ccc(=O)[nH]c1=O. The standard InChI is InChI=1S/C9H14N2O4/c1-6(5-12)15-7(2)11-4-3-8(13)10-9(11)14/h3-4,6-7,12H,5H2,1-2H3,(H,10,13,14). The van der Waals surface area contributed by atoms with Gasteiger partial charge in [-0.15, -0.1) is 0 Å². The molecule has 6 nitrogen and oxygen atoms in total. The van der Waals surface area contributed by atoms with E-state index in [4.69, 9.17) is 9.84 Å². The lowest BCUT2D eigenvalue weighted by atomic mass is 10.4. The lowest BCUT2D eigenvalue weighted by molar-refractivity contribution is -0.0580. The number of aliphatic hydroxyl groups excluding tert-OH is 1. The molecular formula is C9H14N2O4. The minimum atomic E-state index is -0.531. The van der Waals surface area contributed by atoms with Crippen LogP contribution < -0.4 is 11.2 Å². The number of hydrogen-bond donors (Lipinski definition) is 2. The van der Waals surface area contributed by atoms with E-state index in [9.17, 15) is 9.59 Å². The van der Waals surface area contributed by atoms with Crippen LogP contribution in [0.5, 0.6) is 0 Å². The van der Waals surface area contributed by atoms with Gasteiger partial charge in [0.2, 0.25) is 0 Å². The number of H-pyrrole nitrogens is 1. The van der Waals surface area contributed by atoms with Gasteiger partial charge in [0, 0.05) is 12.3 Å². The highest BCUT2D eigenvalue weighted by atomic mass is 16.5. The molecule has 6 heteroatoms. The van der Waals surface area contributed by atoms with Crippen molar-refractivity contribution >= 4 is 0 Å². The summed E-state index contributed by atoms with van der Waals surface area (Å²) in [4.78, 5) is 24.2. The molecule has 1 aromatic heterocycles. The second-order valence-corrected chi connectivity index (χ2v) is 3.25. The molecule has 0 aliphatic heterocycles. The average Bonchev–Trinajstić information content (AvgIpc) is 2.17. The van der Waals surface area contributed by atoms with Crippen molar-refractivity contribution in [1.29, 1.82) is 0 Å². The second kappa shape index (κ2) is 4.90. The van der Waals surface area contributed by atoms with Gasteiger partial charge in [-0.1, -0.05) is 0 Å². The van der Waals surface area contributed by atoms with Crippen molar-refractivity contribution in [1.82, 2.24) is 9.55 Å². The van der Waals surface area contributed by atoms with E-state index in [1.807, 2.05) is 0 Å². The fraction of sp³-hybridized carbons (Fsp3) is 0.556. The van der Waals surface area contributed by atoms with Crippen molar-refractivity contribution in [3.8, 4) is 0 Å². The number of nitrogens with zero attached hydrogens (tertiary/aromatic N) is 1. The third kappa shape index (κ3) is 3.03. The van der Waals surface area contributed by atoms with Gasteiger partial charge < -0.3 is 9.84 Å². The normalized spacial score (nSPS) is 14.9. The Morgan fingerprint density at radius 2 is 2.20 bits per heavy atom. The molecule has 1 heterocycles. The molecule has 0 saturated heterocycles. The summed E-state index contributed by atoms with van der Waals surface area (Å²) >= 11 is 0. The number of nitrogens with one attached hydrogen (secondary N) is 1. The van der Waals surface area contributed by atoms with Crippen molar-refractivity contribution in [3.63, 3.8) is 0 Å². The summed E-state index contributed by atoms with van der Waals surface area (Å²) in [7, 11) is 0. The number of rotatable bonds is 4. The summed E-state index contributed by atoms with van der Waals surface area (Å²) in [5.74, 6) is 0. The predicted octanol–water partition coefficient (Wildman–Crippen LogP) is -0.548. The summed E-state index contributed by atoms with van der Waals surface area (Å²) in [5, 5.41) is 8.77. The fourth-order valence-electron chi connectivity index (χ4n) is 1.16. The Kier molecular flexibility index (Phi) is 3.81. The van der Waals surface area contributed by atoms with Crippen molar-refractivity contribution in [2.24, 2.45) is 0 Å². The molecule has 0 fully saturated rings. The zero-order chi connectivity index (χ0) is 11.4. The maximum absolute atomic E-state index is 11.3. The monoisotopic (exact) mass is 214 g/mol. The Morgan fingerprint density at radius 3 is 2.73 bits per heavy atom. The Hall–Kier alpha value is -1.40. The molecule has 0 spiro atoms. The summed E-state index contributed by atoms with van der Waals surface area (Å²) in [6, 6.07) is 1.24. The first-order valence-electron chi connectivity index (χ1n) is 4.62. The highest BCUT2D eigenvalue weighted by Gasteiger charge is 2.10. The van der Waals surface area contributed by atoms with Gasteiger partial charge in [-0.05, 0) is 13.8 Å². The van der Waals surface area contributed by atoms with Crippen molar-refractivity contribution in [2.75, 3.05) is 6.61 Å². The Bertz CT molecular complexity index is 423. The molecule has 0 aliphatic carbocycles. The van der Waals surface area contributed by atoms with Gasteiger partial charge in [-0.25, -0.2) is 4.79 Å². The van der Waals surface area contributed by atoms with Crippen LogP contribution in [0.25, 0.3) is 0 Å². The van der Waals surface area contributed by atoms with E-state index in [2.05, 4.69) is 4.98 Å². The van der Waals surface area contributed by atoms with Gasteiger partial charge >= 0.3 is 5.69 Å². The molecule has 0 saturated carbocycles. The molecule has 0 aromatic carbocycles. The number of aliphatic hydroxyl groups is 1. The molecule has 1 rings (SSSR count). The van der Waals surface area contributed by atoms with E-state index < -0.39 is 17.5 Å². The van der Waals surface area contributed by atoms with Crippen LogP contribution in [0.1, 0.15) is 20.1 Å². The largest absolute Gasteiger partial charge is 0.394 e. The third-order valence-electron chi connectivity index (χ3n) is 1.93. The molecule has 2 N–H and O–H groups in total. The molecule has 0 bridgehead atoms. The van der Waals surface area contributed by atoms with Crippen LogP contribution in [0.2, 0.25) is 0 Å². The van der Waals surface area contributed by atoms with E-state index in [-0.39, 0.29) is 12.7 Å². The van der Waals surface area contributed by atoms with Gasteiger partial charge in [-0.2, -0.15) is 0 Å². The maximum Gasteiger partial charge on any atom is 0.330 e. The number of aromatic amines is 1. The first kappa shape index (κ1) is 11.7. The van der Waals surface area contributed by atoms with Gasteiger partial charge in [0.25, 0.3) is 5.56 Å². The first-order valence-corrected chi connectivity index (χ1v) is 4.62. The molecule has 2 unspecified atom stereocenters. The predicted molar refractivity (Wildman–Crippen MR) is 53.7 cm³/mol. The highest BCUT2D eigenvalue weighted by Crippen LogP contribution is 2.06. The molecule has 0 amide bonds. The third-order valence-corrected chi connectivity index (χ3v) is 1.93. The summed E-state index contributed by atoms with van der Waals surface area (Å²) < 4.78 is 6.54. The van der Waals surface area contributed by atoms with Crippen LogP contribution in [0, 0.1) is 0 Å². The fourth-order valence-corrected chi connectivity index (χ4v) is 1.16. The summed E-state index contributed by atoms with van der Waals surface area (Å²) in [6.45, 7) is 3.22. The van der Waals surface area contributed by atoms with Crippen molar-refractivity contribution in [2.45, 2.75) is 26.2 Å². The van der Waals surface area contributed by atoms with Crippen LogP contribution >= 0.6 is 0 Å². The minimum Gasteiger partial charge on any atom is -0.394 e. The minimum absolute atomic E-state index is 0.123. The van der Waals surface area contributed by atoms with E-state index in [1.165, 1.54) is 16.8 Å². The number of hydrogen-bond acceptors (Lipinski definition) is 4. The average molecular weight is 214 g/mol. The number of ether oxygens (including phenoxy) is 1. The molecule has 84 valence electrons. The van der Waals surface area contributed by atoms with Gasteiger partial charge in [0.1, 0.15) is 6.23 Å². The van der Waals surface area contributed by atoms with E-state index in [0.717, 1.165) is 0 Å². The Labute approximate surface area is 86.1 Å². The second-order valence-electron chi connectivity index (χ2n) is 3.25. The van der Waals surface area contributed by atoms with Gasteiger partial charge in [0.05, 0.1) is 12.7 Å². The summed E-state index contributed by atoms with van der Waals surface area (Å²) in [5.41, 5.74) is -0.973. The Balaban J connectivity index is 2.87. The first-order chi connectivity index (χ1) is 7.04. The van der Waals surface area contributed by atoms with Crippen LogP contribution in [-0.4, -0.2) is 27.4 Å². The lowest BCUT2D eigenvalue weighted by Gasteiger charge is -2.18. The smallest absolute Gasteiger partial charge is 0.330 e. The molecule has 15 heavy (non-hydrogen) atoms. The summed E-state index contributed by atoms with van der Waals surface area (Å²) in [6.07, 6.45) is 0.464. The topological polar surface area (TPSA) is 84.3 Å². The molecule has 1 aromatic rings. The maximum atomic E-state index is 11.3. The quantitative estimate of drug-likeness (QED) is 0.704. The van der Waals surface area contributed by atoms with Crippen LogP contribution in [0.4, 0.5) is 0 Å². The van der Waals surface area contributed by atoms with E-state index in [0.29, 0.717) is 0 Å². The lowest BCUT2D eigenvalue weighted by Crippen LogP contribution is -2.33. The molecular weight excluding hydrogens is 200 g/mol. The number of aromatic nitrogens is 2. The van der Waals surface area contributed by atoms with Crippen LogP contribution in [-0.2, 0) is 4.74 Å². The van der Waals surface area contributed by atoms with Crippen LogP contribution in [0.15, 0.2) is 21.9 Å². The zero-order valence-corrected chi connectivity index (χ0v) is 8.64. The van der Waals surface area contributed by atoms with Crippen molar-refractivity contribution in [3.05, 3.63) is 33.1 Å². The van der Waals surface area contributed by atoms with Crippen molar-refractivity contribution < 1.29 is 9.84 Å². The molecule has 0 radical (unpaired) electrons. The highest BCUT2D eigenvalue weighted by molar-refractivity contribution is 4.83. The molecule has 0 aliphatic rings. The van der Waals surface area contributed by atoms with E-state index >= 15 is 0 Å². The molecule has 2 atom stereocenters. The Morgan fingerprint density at radius 1 is 1.53 bits per heavy atom. The van der Waals surface area contributed by atoms with E-state index in [1.54, 1.807) is 13.8 Å². The van der Waals surface area contributed by atoms with Gasteiger partial charge in [0.15, 0.2) is 0 Å². The zero-order valence-electron chi connectivity index (χ0n) is 8.64. The van der Waals surface area contributed by atoms with Crippen LogP contribution in [0.3, 0.4) is 0 Å². The van der Waals surface area contributed by atoms with Gasteiger partial charge in [-0.3, -0.25) is 14.3 Å².